The molecule has 1 aliphatic rings. The maximum Gasteiger partial charge on any atom is 0.179 e. The molecule has 0 unspecified atom stereocenters. The van der Waals surface area contributed by atoms with Crippen LogP contribution in [0.25, 0.3) is 0 Å². The molecular weight excluding hydrogens is 102 g/mol. The Kier molecular flexibility index (Phi) is 3.24. The third-order valence-electron chi connectivity index (χ3n) is 0.948. The highest BCUT2D eigenvalue weighted by atomic mass is 16.5. The van der Waals surface area contributed by atoms with Crippen LogP contribution in [0.2, 0.25) is 0 Å². The maximum absolute atomic E-state index is 5.03. The molecule has 2 nitrogen and oxygen atoms in total. The normalized spacial score (nSPS) is 17.9. The van der Waals surface area contributed by atoms with Crippen LogP contribution in [0.1, 0.15) is 20.8 Å². The molecule has 1 rings (SSSR count). The molecule has 2 heteroatoms. The van der Waals surface area contributed by atoms with Gasteiger partial charge in [-0.2, -0.15) is 0 Å². The zero-order valence-corrected chi connectivity index (χ0v) is 4.48. The third-order valence-corrected chi connectivity index (χ3v) is 0.948. The molecule has 0 aromatic rings. The molecule has 0 radical (unpaired) electrons. The Bertz CT molecular complexity index is 88.5. The molecule has 0 aromatic carbocycles. The number of ether oxygens (including phenoxy) is 1. The minimum atomic E-state index is 0. The summed E-state index contributed by atoms with van der Waals surface area (Å²) in [6.45, 7) is 3.69. The zero-order chi connectivity index (χ0) is 5.11. The lowest BCUT2D eigenvalue weighted by atomic mass is 10.4. The van der Waals surface area contributed by atoms with Crippen LogP contribution in [0, 0.1) is 0 Å². The maximum atomic E-state index is 5.03. The quantitative estimate of drug-likeness (QED) is 0.468. The van der Waals surface area contributed by atoms with E-state index in [4.69, 9.17) is 4.74 Å². The summed E-state index contributed by atoms with van der Waals surface area (Å²) < 4.78 is 5.03. The number of rotatable bonds is 0. The molecule has 0 amide bonds. The summed E-state index contributed by atoms with van der Waals surface area (Å²) >= 11 is 0. The minimum Gasteiger partial charge on any atom is -0.481 e. The van der Waals surface area contributed by atoms with Crippen LogP contribution in [0.15, 0.2) is 4.99 Å². The molecule has 1 heterocycles. The van der Waals surface area contributed by atoms with Crippen LogP contribution in [0.4, 0.5) is 0 Å². The first kappa shape index (κ1) is 7.47. The van der Waals surface area contributed by atoms with E-state index in [0.717, 1.165) is 25.5 Å². The van der Waals surface area contributed by atoms with Crippen molar-refractivity contribution >= 4 is 5.90 Å². The van der Waals surface area contributed by atoms with Gasteiger partial charge in [0.15, 0.2) is 5.90 Å². The van der Waals surface area contributed by atoms with E-state index in [1.54, 1.807) is 0 Å². The average molecular weight is 115 g/mol. The molecule has 48 valence electrons. The van der Waals surface area contributed by atoms with Crippen molar-refractivity contribution < 1.29 is 4.74 Å². The first-order valence-electron chi connectivity index (χ1n) is 2.53. The average Bonchev–Trinajstić information content (AvgIpc) is 1.69. The Hall–Kier alpha value is -0.530. The van der Waals surface area contributed by atoms with Gasteiger partial charge in [-0.3, -0.25) is 4.99 Å². The van der Waals surface area contributed by atoms with Crippen molar-refractivity contribution in [3.8, 4) is 0 Å². The monoisotopic (exact) mass is 115 g/mol. The molecule has 0 atom stereocenters. The lowest BCUT2D eigenvalue weighted by Gasteiger charge is -2.08. The van der Waals surface area contributed by atoms with E-state index in [0.29, 0.717) is 0 Å². The van der Waals surface area contributed by atoms with Crippen molar-refractivity contribution in [3.05, 3.63) is 0 Å². The standard InChI is InChI=1S/C5H9NO.CH4/c1-5-6-3-2-4-7-5;/h2-4H2,1H3;1H4. The van der Waals surface area contributed by atoms with Crippen LogP contribution in [0.3, 0.4) is 0 Å². The van der Waals surface area contributed by atoms with Crippen molar-refractivity contribution in [2.45, 2.75) is 20.8 Å². The predicted octanol–water partition coefficient (Wildman–Crippen LogP) is 1.46. The molecule has 8 heavy (non-hydrogen) atoms. The number of aliphatic imine (C=N–C) groups is 1. The molecule has 0 bridgehead atoms. The summed E-state index contributed by atoms with van der Waals surface area (Å²) in [5, 5.41) is 0. The number of hydrogen-bond donors (Lipinski definition) is 0. The number of hydrogen-bond acceptors (Lipinski definition) is 2. The summed E-state index contributed by atoms with van der Waals surface area (Å²) in [5.41, 5.74) is 0. The Balaban J connectivity index is 0.000000490. The summed E-state index contributed by atoms with van der Waals surface area (Å²) in [4.78, 5) is 4.02. The zero-order valence-electron chi connectivity index (χ0n) is 4.48. The first-order chi connectivity index (χ1) is 3.39. The first-order valence-corrected chi connectivity index (χ1v) is 2.53. The Labute approximate surface area is 50.6 Å². The molecule has 0 saturated carbocycles. The summed E-state index contributed by atoms with van der Waals surface area (Å²) in [7, 11) is 0. The molecule has 0 fully saturated rings. The molecule has 0 N–H and O–H groups in total. The largest absolute Gasteiger partial charge is 0.481 e. The van der Waals surface area contributed by atoms with Gasteiger partial charge in [0.05, 0.1) is 6.61 Å². The topological polar surface area (TPSA) is 21.6 Å². The molecular formula is C6H13NO. The fourth-order valence-corrected chi connectivity index (χ4v) is 0.567. The highest BCUT2D eigenvalue weighted by Gasteiger charge is 1.96. The molecule has 0 aromatic heterocycles. The van der Waals surface area contributed by atoms with Gasteiger partial charge in [-0.15, -0.1) is 0 Å². The van der Waals surface area contributed by atoms with E-state index in [2.05, 4.69) is 4.99 Å². The summed E-state index contributed by atoms with van der Waals surface area (Å²) in [6.07, 6.45) is 1.08. The van der Waals surface area contributed by atoms with E-state index in [9.17, 15) is 0 Å². The van der Waals surface area contributed by atoms with E-state index in [1.165, 1.54) is 0 Å². The Morgan fingerprint density at radius 2 is 2.38 bits per heavy atom. The second kappa shape index (κ2) is 3.47. The van der Waals surface area contributed by atoms with Crippen molar-refractivity contribution in [1.29, 1.82) is 0 Å². The molecule has 1 aliphatic heterocycles. The van der Waals surface area contributed by atoms with Gasteiger partial charge in [-0.25, -0.2) is 0 Å². The molecule has 0 spiro atoms. The lowest BCUT2D eigenvalue weighted by molar-refractivity contribution is 0.280. The van der Waals surface area contributed by atoms with Gasteiger partial charge in [-0.05, 0) is 0 Å². The highest BCUT2D eigenvalue weighted by molar-refractivity contribution is 5.73. The van der Waals surface area contributed by atoms with Crippen molar-refractivity contribution in [2.24, 2.45) is 4.99 Å². The second-order valence-corrected chi connectivity index (χ2v) is 1.60. The van der Waals surface area contributed by atoms with Gasteiger partial charge in [0, 0.05) is 19.9 Å². The second-order valence-electron chi connectivity index (χ2n) is 1.60. The van der Waals surface area contributed by atoms with E-state index in [-0.39, 0.29) is 7.43 Å². The summed E-state index contributed by atoms with van der Waals surface area (Å²) in [6, 6.07) is 0. The number of nitrogens with zero attached hydrogens (tertiary/aromatic N) is 1. The van der Waals surface area contributed by atoms with Crippen molar-refractivity contribution in [1.82, 2.24) is 0 Å². The Morgan fingerprint density at radius 3 is 2.62 bits per heavy atom. The predicted molar refractivity (Wildman–Crippen MR) is 35.3 cm³/mol. The lowest BCUT2D eigenvalue weighted by Crippen LogP contribution is -2.09. The Morgan fingerprint density at radius 1 is 1.62 bits per heavy atom. The van der Waals surface area contributed by atoms with Gasteiger partial charge >= 0.3 is 0 Å². The highest BCUT2D eigenvalue weighted by Crippen LogP contribution is 1.93. The SMILES string of the molecule is C.CC1=NCCCO1. The van der Waals surface area contributed by atoms with Crippen LogP contribution in [0.5, 0.6) is 0 Å². The van der Waals surface area contributed by atoms with Crippen molar-refractivity contribution in [2.75, 3.05) is 13.2 Å². The summed E-state index contributed by atoms with van der Waals surface area (Å²) in [5.74, 6) is 0.839. The van der Waals surface area contributed by atoms with Crippen LogP contribution in [-0.2, 0) is 4.74 Å². The van der Waals surface area contributed by atoms with Gasteiger partial charge in [-0.1, -0.05) is 7.43 Å². The molecule has 0 saturated heterocycles. The van der Waals surface area contributed by atoms with E-state index < -0.39 is 0 Å². The third kappa shape index (κ3) is 1.96. The smallest absolute Gasteiger partial charge is 0.179 e. The van der Waals surface area contributed by atoms with Gasteiger partial charge in [0.2, 0.25) is 0 Å². The van der Waals surface area contributed by atoms with Gasteiger partial charge in [0.25, 0.3) is 0 Å². The fourth-order valence-electron chi connectivity index (χ4n) is 0.567. The van der Waals surface area contributed by atoms with Crippen molar-refractivity contribution in [3.63, 3.8) is 0 Å². The molecule has 0 aliphatic carbocycles. The van der Waals surface area contributed by atoms with E-state index >= 15 is 0 Å². The van der Waals surface area contributed by atoms with Gasteiger partial charge in [0.1, 0.15) is 0 Å². The van der Waals surface area contributed by atoms with Crippen LogP contribution in [-0.4, -0.2) is 19.0 Å². The van der Waals surface area contributed by atoms with Crippen LogP contribution < -0.4 is 0 Å². The van der Waals surface area contributed by atoms with Gasteiger partial charge < -0.3 is 4.74 Å². The fraction of sp³-hybridized carbons (Fsp3) is 0.833. The minimum absolute atomic E-state index is 0. The van der Waals surface area contributed by atoms with Crippen LogP contribution >= 0.6 is 0 Å². The van der Waals surface area contributed by atoms with E-state index in [1.807, 2.05) is 6.92 Å².